The summed E-state index contributed by atoms with van der Waals surface area (Å²) in [5.74, 6) is -0.692. The number of hydrogen-bond acceptors (Lipinski definition) is 3. The molecule has 2 atom stereocenters. The minimum Gasteiger partial charge on any atom is -0.368 e. The van der Waals surface area contributed by atoms with Crippen molar-refractivity contribution in [2.45, 2.75) is 20.3 Å². The molecule has 2 aliphatic rings. The lowest BCUT2D eigenvalue weighted by molar-refractivity contribution is -0.134. The van der Waals surface area contributed by atoms with Crippen LogP contribution in [-0.4, -0.2) is 42.9 Å². The smallest absolute Gasteiger partial charge is 0.228 e. The molecule has 4 rings (SSSR count). The summed E-state index contributed by atoms with van der Waals surface area (Å²) in [6.45, 7) is 6.66. The van der Waals surface area contributed by atoms with Crippen LogP contribution in [-0.2, 0) is 9.59 Å². The molecule has 2 aromatic carbocycles. The van der Waals surface area contributed by atoms with Gasteiger partial charge in [0.1, 0.15) is 5.82 Å². The zero-order valence-corrected chi connectivity index (χ0v) is 16.8. The molecule has 6 heteroatoms. The van der Waals surface area contributed by atoms with Gasteiger partial charge in [-0.3, -0.25) is 9.59 Å². The molecular formula is C23H26FN3O2. The third-order valence-electron chi connectivity index (χ3n) is 5.87. The summed E-state index contributed by atoms with van der Waals surface area (Å²) >= 11 is 0. The van der Waals surface area contributed by atoms with Gasteiger partial charge in [-0.1, -0.05) is 17.7 Å². The summed E-state index contributed by atoms with van der Waals surface area (Å²) in [5, 5.41) is 2.97. The fourth-order valence-electron chi connectivity index (χ4n) is 4.01. The Labute approximate surface area is 170 Å². The summed E-state index contributed by atoms with van der Waals surface area (Å²) in [4.78, 5) is 29.4. The normalized spacial score (nSPS) is 21.1. The summed E-state index contributed by atoms with van der Waals surface area (Å²) in [6.07, 6.45) is 0.619. The van der Waals surface area contributed by atoms with Gasteiger partial charge in [-0.25, -0.2) is 4.39 Å². The first-order valence-electron chi connectivity index (χ1n) is 10.1. The SMILES string of the molecule is Cc1ccc(NC(=O)C2CC2C(=O)N2CCN(c3ccc(F)cc3)CC2)c(C)c1. The fraction of sp³-hybridized carbons (Fsp3) is 0.391. The van der Waals surface area contributed by atoms with E-state index in [2.05, 4.69) is 10.2 Å². The van der Waals surface area contributed by atoms with Crippen molar-refractivity contribution in [2.24, 2.45) is 11.8 Å². The molecule has 1 aliphatic heterocycles. The molecule has 1 saturated carbocycles. The first kappa shape index (κ1) is 19.4. The number of nitrogens with zero attached hydrogens (tertiary/aromatic N) is 2. The Morgan fingerprint density at radius 3 is 2.31 bits per heavy atom. The molecule has 0 spiro atoms. The van der Waals surface area contributed by atoms with Crippen molar-refractivity contribution < 1.29 is 14.0 Å². The summed E-state index contributed by atoms with van der Waals surface area (Å²) in [5.41, 5.74) is 3.96. The van der Waals surface area contributed by atoms with Gasteiger partial charge in [-0.05, 0) is 56.2 Å². The standard InChI is InChI=1S/C23H26FN3O2/c1-15-3-8-21(16(2)13-15)25-22(28)19-14-20(19)23(29)27-11-9-26(10-12-27)18-6-4-17(24)5-7-18/h3-8,13,19-20H,9-12,14H2,1-2H3,(H,25,28). The zero-order valence-electron chi connectivity index (χ0n) is 16.8. The van der Waals surface area contributed by atoms with Crippen LogP contribution in [0.25, 0.3) is 0 Å². The average molecular weight is 395 g/mol. The molecule has 0 bridgehead atoms. The molecule has 1 saturated heterocycles. The van der Waals surface area contributed by atoms with Gasteiger partial charge >= 0.3 is 0 Å². The number of rotatable bonds is 4. The van der Waals surface area contributed by atoms with E-state index in [1.165, 1.54) is 12.1 Å². The minimum absolute atomic E-state index is 0.0692. The highest BCUT2D eigenvalue weighted by molar-refractivity contribution is 6.00. The molecular weight excluding hydrogens is 369 g/mol. The fourth-order valence-corrected chi connectivity index (χ4v) is 4.01. The number of anilines is 2. The maximum atomic E-state index is 13.1. The quantitative estimate of drug-likeness (QED) is 0.864. The van der Waals surface area contributed by atoms with Crippen molar-refractivity contribution >= 4 is 23.2 Å². The van der Waals surface area contributed by atoms with Crippen LogP contribution in [0.3, 0.4) is 0 Å². The van der Waals surface area contributed by atoms with E-state index < -0.39 is 0 Å². The topological polar surface area (TPSA) is 52.7 Å². The van der Waals surface area contributed by atoms with Crippen LogP contribution in [0.1, 0.15) is 17.5 Å². The zero-order chi connectivity index (χ0) is 20.5. The van der Waals surface area contributed by atoms with Crippen LogP contribution in [0.5, 0.6) is 0 Å². The van der Waals surface area contributed by atoms with Crippen molar-refractivity contribution in [1.29, 1.82) is 0 Å². The molecule has 1 heterocycles. The van der Waals surface area contributed by atoms with Crippen molar-refractivity contribution in [1.82, 2.24) is 4.90 Å². The van der Waals surface area contributed by atoms with Crippen LogP contribution in [0.15, 0.2) is 42.5 Å². The number of halogens is 1. The van der Waals surface area contributed by atoms with E-state index in [4.69, 9.17) is 0 Å². The lowest BCUT2D eigenvalue weighted by Crippen LogP contribution is -2.49. The molecule has 0 aromatic heterocycles. The van der Waals surface area contributed by atoms with Crippen LogP contribution in [0, 0.1) is 31.5 Å². The highest BCUT2D eigenvalue weighted by Gasteiger charge is 2.49. The van der Waals surface area contributed by atoms with E-state index in [1.807, 2.05) is 36.9 Å². The predicted molar refractivity (Wildman–Crippen MR) is 111 cm³/mol. The van der Waals surface area contributed by atoms with Crippen LogP contribution < -0.4 is 10.2 Å². The molecule has 5 nitrogen and oxygen atoms in total. The molecule has 29 heavy (non-hydrogen) atoms. The summed E-state index contributed by atoms with van der Waals surface area (Å²) in [6, 6.07) is 12.4. The third kappa shape index (κ3) is 4.26. The molecule has 0 radical (unpaired) electrons. The first-order chi connectivity index (χ1) is 13.9. The Morgan fingerprint density at radius 2 is 1.66 bits per heavy atom. The highest BCUT2D eigenvalue weighted by Crippen LogP contribution is 2.41. The molecule has 2 fully saturated rings. The van der Waals surface area contributed by atoms with Crippen molar-refractivity contribution in [3.05, 3.63) is 59.4 Å². The van der Waals surface area contributed by atoms with Gasteiger partial charge in [0.05, 0.1) is 11.8 Å². The van der Waals surface area contributed by atoms with Crippen LogP contribution in [0.4, 0.5) is 15.8 Å². The Hall–Kier alpha value is -2.89. The van der Waals surface area contributed by atoms with E-state index in [-0.39, 0.29) is 29.5 Å². The number of carbonyl (C=O) groups is 2. The number of hydrogen-bond donors (Lipinski definition) is 1. The monoisotopic (exact) mass is 395 g/mol. The van der Waals surface area contributed by atoms with Gasteiger partial charge in [-0.15, -0.1) is 0 Å². The van der Waals surface area contributed by atoms with Gasteiger partial charge in [0.15, 0.2) is 0 Å². The average Bonchev–Trinajstić information content (AvgIpc) is 3.51. The molecule has 152 valence electrons. The second kappa shape index (κ2) is 7.85. The number of carbonyl (C=O) groups excluding carboxylic acids is 2. The lowest BCUT2D eigenvalue weighted by Gasteiger charge is -2.36. The van der Waals surface area contributed by atoms with Crippen molar-refractivity contribution in [2.75, 3.05) is 36.4 Å². The largest absolute Gasteiger partial charge is 0.368 e. The van der Waals surface area contributed by atoms with E-state index in [1.54, 1.807) is 12.1 Å². The third-order valence-corrected chi connectivity index (χ3v) is 5.87. The van der Waals surface area contributed by atoms with E-state index >= 15 is 0 Å². The van der Waals surface area contributed by atoms with E-state index in [0.29, 0.717) is 32.6 Å². The minimum atomic E-state index is -0.249. The maximum Gasteiger partial charge on any atom is 0.228 e. The Kier molecular flexibility index (Phi) is 5.26. The van der Waals surface area contributed by atoms with Crippen LogP contribution >= 0.6 is 0 Å². The second-order valence-electron chi connectivity index (χ2n) is 8.05. The van der Waals surface area contributed by atoms with Gasteiger partial charge in [0, 0.05) is 37.6 Å². The van der Waals surface area contributed by atoms with Gasteiger partial charge < -0.3 is 15.1 Å². The van der Waals surface area contributed by atoms with E-state index in [9.17, 15) is 14.0 Å². The van der Waals surface area contributed by atoms with Crippen molar-refractivity contribution in [3.63, 3.8) is 0 Å². The Morgan fingerprint density at radius 1 is 0.966 bits per heavy atom. The Balaban J connectivity index is 1.29. The summed E-state index contributed by atoms with van der Waals surface area (Å²) in [7, 11) is 0. The Bertz CT molecular complexity index is 920. The highest BCUT2D eigenvalue weighted by atomic mass is 19.1. The van der Waals surface area contributed by atoms with Gasteiger partial charge in [0.2, 0.25) is 11.8 Å². The molecule has 2 unspecified atom stereocenters. The molecule has 1 aliphatic carbocycles. The maximum absolute atomic E-state index is 13.1. The number of benzene rings is 2. The molecule has 2 aromatic rings. The number of piperazine rings is 1. The number of nitrogens with one attached hydrogen (secondary N) is 1. The van der Waals surface area contributed by atoms with Crippen LogP contribution in [0.2, 0.25) is 0 Å². The lowest BCUT2D eigenvalue weighted by atomic mass is 10.1. The van der Waals surface area contributed by atoms with Crippen molar-refractivity contribution in [3.8, 4) is 0 Å². The molecule has 2 amide bonds. The van der Waals surface area contributed by atoms with E-state index in [0.717, 1.165) is 22.5 Å². The molecule has 1 N–H and O–H groups in total. The predicted octanol–water partition coefficient (Wildman–Crippen LogP) is 3.37. The number of amides is 2. The number of aryl methyl sites for hydroxylation is 2. The summed E-state index contributed by atoms with van der Waals surface area (Å²) < 4.78 is 13.1. The van der Waals surface area contributed by atoms with Gasteiger partial charge in [0.25, 0.3) is 0 Å². The first-order valence-corrected chi connectivity index (χ1v) is 10.1. The van der Waals surface area contributed by atoms with Gasteiger partial charge in [-0.2, -0.15) is 0 Å². The second-order valence-corrected chi connectivity index (χ2v) is 8.05.